The maximum absolute atomic E-state index is 12.6. The molecule has 1 aromatic heterocycles. The van der Waals surface area contributed by atoms with E-state index in [2.05, 4.69) is 20.2 Å². The first-order chi connectivity index (χ1) is 12.2. The van der Waals surface area contributed by atoms with Crippen LogP contribution in [0, 0.1) is 0 Å². The maximum Gasteiger partial charge on any atom is 0.232 e. The number of hydrogen-bond donors (Lipinski definition) is 1. The van der Waals surface area contributed by atoms with Crippen molar-refractivity contribution in [2.75, 3.05) is 36.4 Å². The summed E-state index contributed by atoms with van der Waals surface area (Å²) in [5.41, 5.74) is 1.73. The third-order valence-electron chi connectivity index (χ3n) is 4.76. The molecule has 1 atom stereocenters. The third-order valence-corrected chi connectivity index (χ3v) is 4.76. The Morgan fingerprint density at radius 1 is 1.08 bits per heavy atom. The molecule has 7 heteroatoms. The third kappa shape index (κ3) is 3.05. The van der Waals surface area contributed by atoms with Gasteiger partial charge < -0.3 is 15.1 Å². The second-order valence-corrected chi connectivity index (χ2v) is 6.25. The summed E-state index contributed by atoms with van der Waals surface area (Å²) in [7, 11) is 0. The smallest absolute Gasteiger partial charge is 0.232 e. The van der Waals surface area contributed by atoms with Crippen molar-refractivity contribution < 1.29 is 9.59 Å². The molecule has 4 rings (SSSR count). The summed E-state index contributed by atoms with van der Waals surface area (Å²) in [6, 6.07) is 9.35. The number of rotatable bonds is 3. The molecule has 2 aliphatic rings. The molecule has 7 nitrogen and oxygen atoms in total. The van der Waals surface area contributed by atoms with Crippen LogP contribution in [0.5, 0.6) is 0 Å². The van der Waals surface area contributed by atoms with Crippen molar-refractivity contribution in [2.45, 2.75) is 12.3 Å². The second kappa shape index (κ2) is 6.51. The van der Waals surface area contributed by atoms with Gasteiger partial charge in [-0.05, 0) is 17.7 Å². The molecule has 2 aliphatic heterocycles. The fourth-order valence-electron chi connectivity index (χ4n) is 3.39. The Bertz CT molecular complexity index is 787. The minimum Gasteiger partial charge on any atom is -0.339 e. The van der Waals surface area contributed by atoms with Gasteiger partial charge in [-0.15, -0.1) is 0 Å². The Balaban J connectivity index is 1.38. The van der Waals surface area contributed by atoms with Crippen LogP contribution in [0.4, 0.5) is 11.6 Å². The molecule has 25 heavy (non-hydrogen) atoms. The lowest BCUT2D eigenvalue weighted by Crippen LogP contribution is -2.49. The monoisotopic (exact) mass is 337 g/mol. The molecule has 1 saturated heterocycles. The number of fused-ring (bicyclic) bond motifs is 1. The quantitative estimate of drug-likeness (QED) is 0.912. The molecule has 1 unspecified atom stereocenters. The molecule has 1 fully saturated rings. The number of nitrogens with zero attached hydrogens (tertiary/aromatic N) is 4. The van der Waals surface area contributed by atoms with Gasteiger partial charge in [-0.1, -0.05) is 18.2 Å². The highest BCUT2D eigenvalue weighted by Crippen LogP contribution is 2.34. The number of hydrogen-bond acceptors (Lipinski definition) is 5. The van der Waals surface area contributed by atoms with Crippen LogP contribution in [0.3, 0.4) is 0 Å². The highest BCUT2D eigenvalue weighted by molar-refractivity contribution is 6.04. The summed E-state index contributed by atoms with van der Waals surface area (Å²) < 4.78 is 0. The number of anilines is 2. The predicted molar refractivity (Wildman–Crippen MR) is 93.3 cm³/mol. The zero-order valence-electron chi connectivity index (χ0n) is 13.8. The first kappa shape index (κ1) is 15.6. The van der Waals surface area contributed by atoms with E-state index < -0.39 is 0 Å². The average Bonchev–Trinajstić information content (AvgIpc) is 2.98. The van der Waals surface area contributed by atoms with Gasteiger partial charge >= 0.3 is 0 Å². The number of nitrogens with one attached hydrogen (secondary N) is 1. The number of piperazine rings is 1. The van der Waals surface area contributed by atoms with Crippen molar-refractivity contribution in [3.05, 3.63) is 48.3 Å². The summed E-state index contributed by atoms with van der Waals surface area (Å²) in [4.78, 5) is 37.2. The molecule has 1 aromatic carbocycles. The van der Waals surface area contributed by atoms with Crippen molar-refractivity contribution in [2.24, 2.45) is 0 Å². The summed E-state index contributed by atoms with van der Waals surface area (Å²) >= 11 is 0. The second-order valence-electron chi connectivity index (χ2n) is 6.25. The molecule has 128 valence electrons. The van der Waals surface area contributed by atoms with Crippen molar-refractivity contribution >= 4 is 23.5 Å². The minimum absolute atomic E-state index is 0.0190. The molecule has 2 amide bonds. The van der Waals surface area contributed by atoms with E-state index in [1.807, 2.05) is 29.2 Å². The van der Waals surface area contributed by atoms with Gasteiger partial charge in [-0.25, -0.2) is 9.97 Å². The van der Waals surface area contributed by atoms with Gasteiger partial charge in [0.2, 0.25) is 17.8 Å². The van der Waals surface area contributed by atoms with Gasteiger partial charge in [0, 0.05) is 50.7 Å². The molecule has 0 aliphatic carbocycles. The lowest BCUT2D eigenvalue weighted by atomic mass is 9.96. The molecule has 3 heterocycles. The minimum atomic E-state index is -0.390. The fraction of sp³-hybridized carbons (Fsp3) is 0.333. The van der Waals surface area contributed by atoms with E-state index in [1.54, 1.807) is 18.5 Å². The van der Waals surface area contributed by atoms with E-state index >= 15 is 0 Å². The Kier molecular flexibility index (Phi) is 4.05. The predicted octanol–water partition coefficient (Wildman–Crippen LogP) is 1.25. The van der Waals surface area contributed by atoms with Crippen molar-refractivity contribution in [3.63, 3.8) is 0 Å². The van der Waals surface area contributed by atoms with Crippen molar-refractivity contribution in [1.82, 2.24) is 14.9 Å². The zero-order chi connectivity index (χ0) is 17.2. The van der Waals surface area contributed by atoms with Crippen LogP contribution in [-0.2, 0) is 9.59 Å². The number of para-hydroxylation sites is 1. The molecule has 0 spiro atoms. The van der Waals surface area contributed by atoms with E-state index in [-0.39, 0.29) is 24.2 Å². The standard InChI is InChI=1S/C18H19N5O2/c24-16(12-14-13-4-1-2-5-15(13)21-17(14)25)22-8-10-23(11-9-22)18-19-6-3-7-20-18/h1-7,14H,8-12H2,(H,21,25). The van der Waals surface area contributed by atoms with Crippen molar-refractivity contribution in [1.29, 1.82) is 0 Å². The number of benzene rings is 1. The molecule has 0 bridgehead atoms. The lowest BCUT2D eigenvalue weighted by molar-refractivity contribution is -0.133. The van der Waals surface area contributed by atoms with Crippen LogP contribution >= 0.6 is 0 Å². The highest BCUT2D eigenvalue weighted by Gasteiger charge is 2.34. The summed E-state index contributed by atoms with van der Waals surface area (Å²) in [6.45, 7) is 2.63. The zero-order valence-corrected chi connectivity index (χ0v) is 13.8. The summed E-state index contributed by atoms with van der Waals surface area (Å²) in [5, 5.41) is 2.85. The first-order valence-electron chi connectivity index (χ1n) is 8.42. The summed E-state index contributed by atoms with van der Waals surface area (Å²) in [6.07, 6.45) is 3.65. The van der Waals surface area contributed by atoms with Crippen LogP contribution < -0.4 is 10.2 Å². The van der Waals surface area contributed by atoms with Gasteiger partial charge in [0.05, 0.1) is 5.92 Å². The fourth-order valence-corrected chi connectivity index (χ4v) is 3.39. The Morgan fingerprint density at radius 3 is 2.56 bits per heavy atom. The largest absolute Gasteiger partial charge is 0.339 e. The number of aromatic nitrogens is 2. The van der Waals surface area contributed by atoms with E-state index in [4.69, 9.17) is 0 Å². The van der Waals surface area contributed by atoms with Crippen LogP contribution in [-0.4, -0.2) is 52.9 Å². The van der Waals surface area contributed by atoms with Gasteiger partial charge in [-0.2, -0.15) is 0 Å². The van der Waals surface area contributed by atoms with Crippen LogP contribution in [0.25, 0.3) is 0 Å². The van der Waals surface area contributed by atoms with Crippen LogP contribution in [0.2, 0.25) is 0 Å². The average molecular weight is 337 g/mol. The van der Waals surface area contributed by atoms with Crippen LogP contribution in [0.1, 0.15) is 17.9 Å². The molecule has 0 radical (unpaired) electrons. The molecular weight excluding hydrogens is 318 g/mol. The van der Waals surface area contributed by atoms with Gasteiger partial charge in [0.25, 0.3) is 0 Å². The number of carbonyl (C=O) groups is 2. The van der Waals surface area contributed by atoms with Gasteiger partial charge in [0.15, 0.2) is 0 Å². The topological polar surface area (TPSA) is 78.4 Å². The van der Waals surface area contributed by atoms with Crippen LogP contribution in [0.15, 0.2) is 42.7 Å². The number of carbonyl (C=O) groups excluding carboxylic acids is 2. The molecule has 0 saturated carbocycles. The van der Waals surface area contributed by atoms with Gasteiger partial charge in [0.1, 0.15) is 0 Å². The van der Waals surface area contributed by atoms with E-state index in [9.17, 15) is 9.59 Å². The van der Waals surface area contributed by atoms with Crippen molar-refractivity contribution in [3.8, 4) is 0 Å². The van der Waals surface area contributed by atoms with E-state index in [0.717, 1.165) is 11.3 Å². The SMILES string of the molecule is O=C1Nc2ccccc2C1CC(=O)N1CCN(c2ncccn2)CC1. The van der Waals surface area contributed by atoms with E-state index in [1.165, 1.54) is 0 Å². The Hall–Kier alpha value is -2.96. The highest BCUT2D eigenvalue weighted by atomic mass is 16.2. The molecular formula is C18H19N5O2. The number of amides is 2. The Labute approximate surface area is 145 Å². The molecule has 2 aromatic rings. The van der Waals surface area contributed by atoms with E-state index in [0.29, 0.717) is 32.1 Å². The summed E-state index contributed by atoms with van der Waals surface area (Å²) in [5.74, 6) is 0.231. The molecule has 1 N–H and O–H groups in total. The lowest BCUT2D eigenvalue weighted by Gasteiger charge is -2.35. The maximum atomic E-state index is 12.6. The first-order valence-corrected chi connectivity index (χ1v) is 8.42. The Morgan fingerprint density at radius 2 is 1.80 bits per heavy atom. The normalized spacial score (nSPS) is 19.5. The van der Waals surface area contributed by atoms with Gasteiger partial charge in [-0.3, -0.25) is 9.59 Å².